The van der Waals surface area contributed by atoms with Gasteiger partial charge in [0.15, 0.2) is 0 Å². The van der Waals surface area contributed by atoms with Crippen molar-refractivity contribution in [2.75, 3.05) is 19.4 Å². The minimum absolute atomic E-state index is 0.0990. The van der Waals surface area contributed by atoms with Crippen molar-refractivity contribution in [2.45, 2.75) is 49.5 Å². The van der Waals surface area contributed by atoms with Gasteiger partial charge in [-0.3, -0.25) is 19.5 Å². The predicted molar refractivity (Wildman–Crippen MR) is 210 cm³/mol. The molecule has 11 heteroatoms. The fraction of sp³-hybridized carbons (Fsp3) is 0.250. The number of nitrogens with one attached hydrogen (secondary N) is 1. The van der Waals surface area contributed by atoms with Gasteiger partial charge in [0.05, 0.1) is 54.4 Å². The quantitative estimate of drug-likeness (QED) is 0.0401. The second-order valence-corrected chi connectivity index (χ2v) is 14.2. The molecule has 1 atom stereocenters. The minimum Gasteiger partial charge on any atom is -0.468 e. The number of nitrogens with zero attached hydrogens (tertiary/aromatic N) is 2. The second-order valence-electron chi connectivity index (χ2n) is 12.9. The van der Waals surface area contributed by atoms with Crippen molar-refractivity contribution in [1.82, 2.24) is 15.2 Å². The lowest BCUT2D eigenvalue weighted by atomic mass is 9.84. The first-order chi connectivity index (χ1) is 26.6. The molecule has 0 bridgehead atoms. The zero-order valence-electron chi connectivity index (χ0n) is 30.5. The number of aromatic nitrogens is 1. The van der Waals surface area contributed by atoms with Gasteiger partial charge in [0.2, 0.25) is 5.91 Å². The maximum atomic E-state index is 13.0. The first-order valence-electron chi connectivity index (χ1n) is 17.9. The number of halogens is 3. The number of aliphatic hydroxyl groups excluding tert-OH is 1. The molecular formula is C44H44F3N3O4S. The molecule has 0 aliphatic carbocycles. The molecule has 1 heterocycles. The number of allylic oxidation sites excluding steroid dienone is 1. The van der Waals surface area contributed by atoms with Gasteiger partial charge in [-0.15, -0.1) is 11.8 Å². The molecule has 2 N–H and O–H groups in total. The minimum atomic E-state index is -4.44. The van der Waals surface area contributed by atoms with E-state index in [9.17, 15) is 27.9 Å². The van der Waals surface area contributed by atoms with Gasteiger partial charge in [0, 0.05) is 13.1 Å². The molecule has 5 rings (SSSR count). The van der Waals surface area contributed by atoms with Crippen LogP contribution < -0.4 is 5.32 Å². The SMILES string of the molecule is COC(=O)CN(Cc1ccc(C(F)(F)F)cc1)Cc1cccc(CNC(=O)C[C@H](O)/C=C/CCSC(c2ccccc2)(c2ccccc2)c2ccccc2)n1. The van der Waals surface area contributed by atoms with Crippen LogP contribution in [0.2, 0.25) is 0 Å². The number of rotatable bonds is 18. The molecule has 7 nitrogen and oxygen atoms in total. The zero-order chi connectivity index (χ0) is 39.1. The summed E-state index contributed by atoms with van der Waals surface area (Å²) in [7, 11) is 1.27. The summed E-state index contributed by atoms with van der Waals surface area (Å²) in [5.74, 6) is -0.0803. The molecule has 0 aliphatic heterocycles. The van der Waals surface area contributed by atoms with Crippen molar-refractivity contribution >= 4 is 23.6 Å². The summed E-state index contributed by atoms with van der Waals surface area (Å²) in [6.45, 7) is 0.422. The predicted octanol–water partition coefficient (Wildman–Crippen LogP) is 8.31. The number of hydrogen-bond donors (Lipinski definition) is 2. The Morgan fingerprint density at radius 1 is 0.782 bits per heavy atom. The highest BCUT2D eigenvalue weighted by Gasteiger charge is 2.36. The molecule has 0 fully saturated rings. The van der Waals surface area contributed by atoms with Gasteiger partial charge in [-0.25, -0.2) is 0 Å². The zero-order valence-corrected chi connectivity index (χ0v) is 31.3. The number of ether oxygens (including phenoxy) is 1. The van der Waals surface area contributed by atoms with Crippen molar-refractivity contribution in [3.8, 4) is 0 Å². The molecule has 4 aromatic carbocycles. The Labute approximate surface area is 324 Å². The van der Waals surface area contributed by atoms with E-state index in [-0.39, 0.29) is 38.5 Å². The summed E-state index contributed by atoms with van der Waals surface area (Å²) < 4.78 is 43.4. The van der Waals surface area contributed by atoms with Crippen LogP contribution in [0.15, 0.2) is 146 Å². The highest BCUT2D eigenvalue weighted by Crippen LogP contribution is 2.48. The number of esters is 1. The number of carbonyl (C=O) groups is 2. The number of amides is 1. The Kier molecular flexibility index (Phi) is 14.8. The van der Waals surface area contributed by atoms with E-state index in [0.717, 1.165) is 17.9 Å². The van der Waals surface area contributed by atoms with Crippen LogP contribution in [-0.2, 0) is 44.9 Å². The van der Waals surface area contributed by atoms with Crippen molar-refractivity contribution in [3.05, 3.63) is 185 Å². The number of aliphatic hydroxyl groups is 1. The van der Waals surface area contributed by atoms with Gasteiger partial charge in [-0.05, 0) is 58.7 Å². The smallest absolute Gasteiger partial charge is 0.416 e. The first kappa shape index (κ1) is 40.9. The van der Waals surface area contributed by atoms with Crippen molar-refractivity contribution in [2.24, 2.45) is 0 Å². The maximum absolute atomic E-state index is 13.0. The maximum Gasteiger partial charge on any atom is 0.416 e. The van der Waals surface area contributed by atoms with Gasteiger partial charge in [0.25, 0.3) is 0 Å². The molecule has 0 saturated heterocycles. The fourth-order valence-electron chi connectivity index (χ4n) is 6.24. The number of pyridine rings is 1. The number of methoxy groups -OCH3 is 1. The summed E-state index contributed by atoms with van der Waals surface area (Å²) >= 11 is 1.83. The summed E-state index contributed by atoms with van der Waals surface area (Å²) in [5.41, 5.74) is 4.53. The van der Waals surface area contributed by atoms with Gasteiger partial charge >= 0.3 is 12.1 Å². The fourth-order valence-corrected chi connectivity index (χ4v) is 7.71. The van der Waals surface area contributed by atoms with Gasteiger partial charge in [0.1, 0.15) is 0 Å². The van der Waals surface area contributed by atoms with Crippen LogP contribution in [0.1, 0.15) is 52.0 Å². The Bertz CT molecular complexity index is 1880. The molecule has 0 unspecified atom stereocenters. The topological polar surface area (TPSA) is 91.8 Å². The monoisotopic (exact) mass is 767 g/mol. The standard InChI is InChI=1S/C44H44F3N3O4S/c1-54-42(53)32-50(30-33-23-25-37(26-24-33)44(45,46)47)31-39-21-13-20-38(49-39)29-48-41(52)28-40(51)22-11-12-27-55-43(34-14-5-2-6-15-34,35-16-7-3-8-17-35)36-18-9-4-10-19-36/h2-11,13-26,40,51H,12,27-32H2,1H3,(H,48,52)/b22-11+/t40-/m1/s1. The first-order valence-corrected chi connectivity index (χ1v) is 18.9. The number of carbonyl (C=O) groups excluding carboxylic acids is 2. The molecule has 5 aromatic rings. The number of benzene rings is 4. The van der Waals surface area contributed by atoms with E-state index in [1.807, 2.05) is 36.0 Å². The Hall–Kier alpha value is -5.23. The van der Waals surface area contributed by atoms with E-state index in [1.54, 1.807) is 29.2 Å². The summed E-state index contributed by atoms with van der Waals surface area (Å²) in [4.78, 5) is 31.2. The lowest BCUT2D eigenvalue weighted by molar-refractivity contribution is -0.142. The number of hydrogen-bond acceptors (Lipinski definition) is 7. The van der Waals surface area contributed by atoms with E-state index in [1.165, 1.54) is 35.9 Å². The van der Waals surface area contributed by atoms with Crippen LogP contribution in [0.3, 0.4) is 0 Å². The lowest BCUT2D eigenvalue weighted by Gasteiger charge is -2.35. The molecule has 0 spiro atoms. The highest BCUT2D eigenvalue weighted by molar-refractivity contribution is 8.00. The summed E-state index contributed by atoms with van der Waals surface area (Å²) in [5, 5.41) is 13.5. The normalized spacial score (nSPS) is 12.5. The third-order valence-electron chi connectivity index (χ3n) is 8.88. The largest absolute Gasteiger partial charge is 0.468 e. The van der Waals surface area contributed by atoms with E-state index in [4.69, 9.17) is 4.74 Å². The van der Waals surface area contributed by atoms with Crippen LogP contribution in [0.5, 0.6) is 0 Å². The van der Waals surface area contributed by atoms with E-state index in [0.29, 0.717) is 23.4 Å². The average Bonchev–Trinajstić information content (AvgIpc) is 3.19. The molecule has 1 amide bonds. The van der Waals surface area contributed by atoms with Crippen LogP contribution in [-0.4, -0.2) is 52.4 Å². The molecule has 1 aromatic heterocycles. The van der Waals surface area contributed by atoms with Crippen LogP contribution >= 0.6 is 11.8 Å². The Balaban J connectivity index is 1.14. The molecule has 0 aliphatic rings. The third-order valence-corrected chi connectivity index (χ3v) is 10.5. The number of alkyl halides is 3. The van der Waals surface area contributed by atoms with Gasteiger partial charge in [-0.2, -0.15) is 13.2 Å². The Morgan fingerprint density at radius 2 is 1.35 bits per heavy atom. The average molecular weight is 768 g/mol. The lowest BCUT2D eigenvalue weighted by Crippen LogP contribution is -2.30. The molecule has 286 valence electrons. The molecule has 55 heavy (non-hydrogen) atoms. The Morgan fingerprint density at radius 3 is 1.89 bits per heavy atom. The van der Waals surface area contributed by atoms with Gasteiger partial charge in [-0.1, -0.05) is 121 Å². The molecular weight excluding hydrogens is 724 g/mol. The van der Waals surface area contributed by atoms with E-state index < -0.39 is 28.6 Å². The van der Waals surface area contributed by atoms with Crippen molar-refractivity contribution in [1.29, 1.82) is 0 Å². The number of thioether (sulfide) groups is 1. The van der Waals surface area contributed by atoms with Crippen molar-refractivity contribution < 1.29 is 32.6 Å². The highest BCUT2D eigenvalue weighted by atomic mass is 32.2. The van der Waals surface area contributed by atoms with Crippen LogP contribution in [0.25, 0.3) is 0 Å². The molecule has 0 saturated carbocycles. The van der Waals surface area contributed by atoms with Crippen LogP contribution in [0.4, 0.5) is 13.2 Å². The van der Waals surface area contributed by atoms with Crippen molar-refractivity contribution in [3.63, 3.8) is 0 Å². The summed E-state index contributed by atoms with van der Waals surface area (Å²) in [6, 6.07) is 41.4. The second kappa shape index (κ2) is 19.9. The van der Waals surface area contributed by atoms with E-state index in [2.05, 4.69) is 83.1 Å². The third kappa shape index (κ3) is 11.9. The summed E-state index contributed by atoms with van der Waals surface area (Å²) in [6.07, 6.45) is -1.29. The molecule has 0 radical (unpaired) electrons. The van der Waals surface area contributed by atoms with Crippen LogP contribution in [0, 0.1) is 0 Å². The van der Waals surface area contributed by atoms with Gasteiger partial charge < -0.3 is 15.2 Å². The van der Waals surface area contributed by atoms with E-state index >= 15 is 0 Å².